The van der Waals surface area contributed by atoms with E-state index >= 15 is 0 Å². The molecule has 2 amide bonds. The number of carbonyl (C=O) groups is 2. The smallest absolute Gasteiger partial charge is 0.326 e. The Morgan fingerprint density at radius 2 is 1.62 bits per heavy atom. The SMILES string of the molecule is CC(C)C(NC(=O)Nc1ccc(C(C)(C)C)cc1)C(=O)O. The van der Waals surface area contributed by atoms with Crippen LogP contribution in [0, 0.1) is 5.92 Å². The first-order valence-corrected chi connectivity index (χ1v) is 7.02. The lowest BCUT2D eigenvalue weighted by atomic mass is 9.87. The number of carboxylic acids is 1. The molecule has 5 nitrogen and oxygen atoms in total. The largest absolute Gasteiger partial charge is 0.480 e. The molecule has 21 heavy (non-hydrogen) atoms. The third kappa shape index (κ3) is 5.10. The standard InChI is InChI=1S/C16H24N2O3/c1-10(2)13(14(19)20)18-15(21)17-12-8-6-11(7-9-12)16(3,4)5/h6-10,13H,1-5H3,(H,19,20)(H2,17,18,21). The van der Waals surface area contributed by atoms with Gasteiger partial charge in [0.2, 0.25) is 0 Å². The molecule has 0 fully saturated rings. The molecule has 0 heterocycles. The molecule has 0 bridgehead atoms. The van der Waals surface area contributed by atoms with Gasteiger partial charge in [0.15, 0.2) is 0 Å². The second-order valence-electron chi connectivity index (χ2n) is 6.49. The van der Waals surface area contributed by atoms with E-state index in [-0.39, 0.29) is 11.3 Å². The molecule has 1 atom stereocenters. The van der Waals surface area contributed by atoms with Crippen LogP contribution in [0.1, 0.15) is 40.2 Å². The van der Waals surface area contributed by atoms with Gasteiger partial charge in [-0.15, -0.1) is 0 Å². The zero-order chi connectivity index (χ0) is 16.2. The highest BCUT2D eigenvalue weighted by atomic mass is 16.4. The van der Waals surface area contributed by atoms with Gasteiger partial charge in [0, 0.05) is 5.69 Å². The quantitative estimate of drug-likeness (QED) is 0.797. The Labute approximate surface area is 125 Å². The first kappa shape index (κ1) is 17.0. The number of amides is 2. The van der Waals surface area contributed by atoms with E-state index in [0.29, 0.717) is 5.69 Å². The summed E-state index contributed by atoms with van der Waals surface area (Å²) in [5.74, 6) is -1.22. The van der Waals surface area contributed by atoms with E-state index in [9.17, 15) is 9.59 Å². The van der Waals surface area contributed by atoms with E-state index in [0.717, 1.165) is 0 Å². The van der Waals surface area contributed by atoms with Gasteiger partial charge in [-0.3, -0.25) is 0 Å². The summed E-state index contributed by atoms with van der Waals surface area (Å²) in [6.45, 7) is 9.83. The molecule has 116 valence electrons. The predicted octanol–water partition coefficient (Wildman–Crippen LogP) is 3.21. The molecule has 1 unspecified atom stereocenters. The van der Waals surface area contributed by atoms with E-state index in [1.807, 2.05) is 24.3 Å². The minimum atomic E-state index is -1.04. The first-order valence-electron chi connectivity index (χ1n) is 7.02. The van der Waals surface area contributed by atoms with Crippen molar-refractivity contribution in [3.05, 3.63) is 29.8 Å². The van der Waals surface area contributed by atoms with Crippen molar-refractivity contribution >= 4 is 17.7 Å². The highest BCUT2D eigenvalue weighted by Gasteiger charge is 2.23. The molecule has 1 aromatic carbocycles. The van der Waals surface area contributed by atoms with Gasteiger partial charge in [0.25, 0.3) is 0 Å². The monoisotopic (exact) mass is 292 g/mol. The number of carbonyl (C=O) groups excluding carboxylic acids is 1. The molecular formula is C16H24N2O3. The van der Waals surface area contributed by atoms with Crippen LogP contribution in [0.3, 0.4) is 0 Å². The number of rotatable bonds is 4. The Morgan fingerprint density at radius 3 is 2.00 bits per heavy atom. The molecule has 0 aliphatic rings. The molecule has 0 aliphatic heterocycles. The van der Waals surface area contributed by atoms with Crippen LogP contribution >= 0.6 is 0 Å². The molecule has 0 saturated heterocycles. The zero-order valence-electron chi connectivity index (χ0n) is 13.2. The second kappa shape index (κ2) is 6.61. The summed E-state index contributed by atoms with van der Waals surface area (Å²) >= 11 is 0. The summed E-state index contributed by atoms with van der Waals surface area (Å²) < 4.78 is 0. The lowest BCUT2D eigenvalue weighted by molar-refractivity contribution is -0.140. The van der Waals surface area contributed by atoms with E-state index in [1.54, 1.807) is 13.8 Å². The lowest BCUT2D eigenvalue weighted by Gasteiger charge is -2.20. The molecular weight excluding hydrogens is 268 g/mol. The third-order valence-corrected chi connectivity index (χ3v) is 3.23. The van der Waals surface area contributed by atoms with Crippen molar-refractivity contribution < 1.29 is 14.7 Å². The molecule has 0 aliphatic carbocycles. The van der Waals surface area contributed by atoms with Gasteiger partial charge in [-0.25, -0.2) is 9.59 Å². The fraction of sp³-hybridized carbons (Fsp3) is 0.500. The number of benzene rings is 1. The number of hydrogen-bond donors (Lipinski definition) is 3. The van der Waals surface area contributed by atoms with Crippen LogP contribution in [0.25, 0.3) is 0 Å². The number of carboxylic acid groups (broad SMARTS) is 1. The fourth-order valence-electron chi connectivity index (χ4n) is 1.88. The van der Waals surface area contributed by atoms with Gasteiger partial charge in [-0.1, -0.05) is 46.8 Å². The molecule has 0 radical (unpaired) electrons. The zero-order valence-corrected chi connectivity index (χ0v) is 13.2. The van der Waals surface area contributed by atoms with Crippen molar-refractivity contribution in [3.8, 4) is 0 Å². The average molecular weight is 292 g/mol. The highest BCUT2D eigenvalue weighted by Crippen LogP contribution is 2.23. The van der Waals surface area contributed by atoms with Crippen molar-refractivity contribution in [2.24, 2.45) is 5.92 Å². The van der Waals surface area contributed by atoms with Crippen LogP contribution in [0.4, 0.5) is 10.5 Å². The molecule has 1 rings (SSSR count). The van der Waals surface area contributed by atoms with Gasteiger partial charge < -0.3 is 15.7 Å². The number of aliphatic carboxylic acids is 1. The predicted molar refractivity (Wildman–Crippen MR) is 83.6 cm³/mol. The van der Waals surface area contributed by atoms with E-state index in [1.165, 1.54) is 5.56 Å². The maximum absolute atomic E-state index is 11.8. The fourth-order valence-corrected chi connectivity index (χ4v) is 1.88. The van der Waals surface area contributed by atoms with Crippen LogP contribution in [0.15, 0.2) is 24.3 Å². The van der Waals surface area contributed by atoms with Crippen LogP contribution in [0.2, 0.25) is 0 Å². The summed E-state index contributed by atoms with van der Waals surface area (Å²) in [5, 5.41) is 14.1. The van der Waals surface area contributed by atoms with Gasteiger partial charge in [-0.05, 0) is 29.0 Å². The van der Waals surface area contributed by atoms with E-state index in [4.69, 9.17) is 5.11 Å². The minimum Gasteiger partial charge on any atom is -0.480 e. The van der Waals surface area contributed by atoms with Crippen molar-refractivity contribution in [1.29, 1.82) is 0 Å². The normalized spacial score (nSPS) is 12.9. The van der Waals surface area contributed by atoms with Crippen molar-refractivity contribution in [1.82, 2.24) is 5.32 Å². The first-order chi connectivity index (χ1) is 9.61. The Bertz CT molecular complexity index is 501. The van der Waals surface area contributed by atoms with Crippen LogP contribution in [-0.4, -0.2) is 23.1 Å². The number of hydrogen-bond acceptors (Lipinski definition) is 2. The maximum atomic E-state index is 11.8. The van der Waals surface area contributed by atoms with Crippen molar-refractivity contribution in [3.63, 3.8) is 0 Å². The van der Waals surface area contributed by atoms with Crippen LogP contribution in [0.5, 0.6) is 0 Å². The van der Waals surface area contributed by atoms with Crippen molar-refractivity contribution in [2.75, 3.05) is 5.32 Å². The summed E-state index contributed by atoms with van der Waals surface area (Å²) in [4.78, 5) is 22.9. The lowest BCUT2D eigenvalue weighted by Crippen LogP contribution is -2.46. The highest BCUT2D eigenvalue weighted by molar-refractivity contribution is 5.92. The molecule has 0 aromatic heterocycles. The molecule has 1 aromatic rings. The van der Waals surface area contributed by atoms with E-state index in [2.05, 4.69) is 31.4 Å². The third-order valence-electron chi connectivity index (χ3n) is 3.23. The Balaban J connectivity index is 2.69. The molecule has 3 N–H and O–H groups in total. The summed E-state index contributed by atoms with van der Waals surface area (Å²) in [6.07, 6.45) is 0. The van der Waals surface area contributed by atoms with Crippen LogP contribution in [-0.2, 0) is 10.2 Å². The number of nitrogens with one attached hydrogen (secondary N) is 2. The molecule has 0 spiro atoms. The Kier molecular flexibility index (Phi) is 5.35. The average Bonchev–Trinajstić information content (AvgIpc) is 2.34. The van der Waals surface area contributed by atoms with Gasteiger partial charge in [-0.2, -0.15) is 0 Å². The van der Waals surface area contributed by atoms with Crippen molar-refractivity contribution in [2.45, 2.75) is 46.1 Å². The van der Waals surface area contributed by atoms with E-state index < -0.39 is 18.0 Å². The summed E-state index contributed by atoms with van der Waals surface area (Å²) in [6, 6.07) is 6.11. The van der Waals surface area contributed by atoms with Gasteiger partial charge >= 0.3 is 12.0 Å². The topological polar surface area (TPSA) is 78.4 Å². The number of anilines is 1. The Hall–Kier alpha value is -2.04. The number of urea groups is 1. The summed E-state index contributed by atoms with van der Waals surface area (Å²) in [7, 11) is 0. The van der Waals surface area contributed by atoms with Gasteiger partial charge in [0.1, 0.15) is 6.04 Å². The molecule has 0 saturated carbocycles. The molecule has 5 heteroatoms. The summed E-state index contributed by atoms with van der Waals surface area (Å²) in [5.41, 5.74) is 1.85. The van der Waals surface area contributed by atoms with Crippen LogP contribution < -0.4 is 10.6 Å². The second-order valence-corrected chi connectivity index (χ2v) is 6.49. The Morgan fingerprint density at radius 1 is 1.10 bits per heavy atom. The maximum Gasteiger partial charge on any atom is 0.326 e. The minimum absolute atomic E-state index is 0.0484. The van der Waals surface area contributed by atoms with Gasteiger partial charge in [0.05, 0.1) is 0 Å².